The molecule has 0 N–H and O–H groups in total. The van der Waals surface area contributed by atoms with E-state index in [1.54, 1.807) is 6.92 Å². The van der Waals surface area contributed by atoms with E-state index in [1.807, 2.05) is 0 Å². The van der Waals surface area contributed by atoms with Gasteiger partial charge in [0.2, 0.25) is 0 Å². The van der Waals surface area contributed by atoms with Gasteiger partial charge in [-0.3, -0.25) is 0 Å². The quantitative estimate of drug-likeness (QED) is 0.198. The molecule has 0 unspecified atom stereocenters. The Morgan fingerprint density at radius 2 is 1.93 bits per heavy atom. The van der Waals surface area contributed by atoms with Crippen molar-refractivity contribution in [2.45, 2.75) is 12.8 Å². The molecule has 0 aromatic carbocycles. The molecule has 0 atom stereocenters. The number of methoxy groups -OCH3 is 2. The topological polar surface area (TPSA) is 54.0 Å². The van der Waals surface area contributed by atoms with E-state index in [-0.39, 0.29) is 22.3 Å². The lowest BCUT2D eigenvalue weighted by Crippen LogP contribution is -2.25. The third-order valence-corrected chi connectivity index (χ3v) is 2.41. The maximum atomic E-state index is 10.9. The molecule has 0 aromatic rings. The van der Waals surface area contributed by atoms with Gasteiger partial charge in [-0.2, -0.15) is 0 Å². The minimum atomic E-state index is -0.406. The molecule has 15 heavy (non-hydrogen) atoms. The maximum absolute atomic E-state index is 10.9. The third kappa shape index (κ3) is 7.26. The van der Waals surface area contributed by atoms with Crippen LogP contribution in [0.4, 0.5) is 0 Å². The van der Waals surface area contributed by atoms with Crippen LogP contribution in [-0.4, -0.2) is 49.1 Å². The van der Waals surface area contributed by atoms with Crippen LogP contribution in [0.2, 0.25) is 0 Å². The highest BCUT2D eigenvalue weighted by Crippen LogP contribution is 1.92. The Hall–Kier alpha value is -0.693. The normalized spacial score (nSPS) is 10.4. The number of carbonyl (C=O) groups is 1. The first-order valence-electron chi connectivity index (χ1n) is 4.37. The van der Waals surface area contributed by atoms with Gasteiger partial charge in [0.1, 0.15) is 6.61 Å². The van der Waals surface area contributed by atoms with Gasteiger partial charge in [-0.05, 0) is 6.92 Å². The van der Waals surface area contributed by atoms with E-state index in [0.29, 0.717) is 12.2 Å². The van der Waals surface area contributed by atoms with Gasteiger partial charge in [-0.25, -0.2) is 4.79 Å². The number of hydrogen-bond donors (Lipinski definition) is 0. The predicted molar refractivity (Wildman–Crippen MR) is 55.3 cm³/mol. The molecule has 86 valence electrons. The zero-order valence-electron chi connectivity index (χ0n) is 9.24. The second-order valence-electron chi connectivity index (χ2n) is 2.69. The number of ether oxygens (including phenoxy) is 3. The van der Waals surface area contributed by atoms with Crippen molar-refractivity contribution < 1.29 is 23.4 Å². The zero-order valence-corrected chi connectivity index (χ0v) is 10.2. The largest absolute Gasteiger partial charge is 0.460 e. The van der Waals surface area contributed by atoms with Gasteiger partial charge in [-0.15, -0.1) is 0 Å². The van der Waals surface area contributed by atoms with Gasteiger partial charge in [0.15, 0.2) is 5.91 Å². The maximum Gasteiger partial charge on any atom is 0.333 e. The van der Waals surface area contributed by atoms with Gasteiger partial charge >= 0.3 is 5.97 Å². The summed E-state index contributed by atoms with van der Waals surface area (Å²) in [6, 6.07) is 0. The highest BCUT2D eigenvalue weighted by atomic mass is 28.2. The van der Waals surface area contributed by atoms with E-state index < -0.39 is 5.97 Å². The van der Waals surface area contributed by atoms with Gasteiger partial charge in [-0.1, -0.05) is 6.58 Å². The Morgan fingerprint density at radius 3 is 2.40 bits per heavy atom. The minimum Gasteiger partial charge on any atom is -0.460 e. The van der Waals surface area contributed by atoms with Crippen LogP contribution in [-0.2, 0) is 23.4 Å². The molecule has 6 heteroatoms. The van der Waals surface area contributed by atoms with Crippen LogP contribution in [0, 0.1) is 0 Å². The fraction of sp³-hybridized carbons (Fsp3) is 0.667. The summed E-state index contributed by atoms with van der Waals surface area (Å²) in [5, 5.41) is 0. The van der Waals surface area contributed by atoms with E-state index in [9.17, 15) is 4.79 Å². The van der Waals surface area contributed by atoms with Crippen LogP contribution >= 0.6 is 0 Å². The molecule has 0 aliphatic carbocycles. The molecular weight excluding hydrogens is 216 g/mol. The molecule has 0 aromatic heterocycles. The van der Waals surface area contributed by atoms with Crippen LogP contribution < -0.4 is 0 Å². The Bertz CT molecular complexity index is 203. The van der Waals surface area contributed by atoms with E-state index in [0.717, 1.165) is 0 Å². The van der Waals surface area contributed by atoms with Crippen molar-refractivity contribution in [3.05, 3.63) is 12.2 Å². The second-order valence-corrected chi connectivity index (χ2v) is 3.68. The molecule has 0 amide bonds. The van der Waals surface area contributed by atoms with Gasteiger partial charge < -0.3 is 18.6 Å². The Labute approximate surface area is 92.3 Å². The monoisotopic (exact) mass is 232 g/mol. The lowest BCUT2D eigenvalue weighted by atomic mass is 10.4. The molecule has 0 aliphatic heterocycles. The summed E-state index contributed by atoms with van der Waals surface area (Å²) >= 11 is 0. The van der Waals surface area contributed by atoms with Gasteiger partial charge in [0.25, 0.3) is 9.76 Å². The second kappa shape index (κ2) is 8.60. The van der Waals surface area contributed by atoms with Crippen molar-refractivity contribution in [1.82, 2.24) is 0 Å². The molecule has 0 fully saturated rings. The number of carbonyl (C=O) groups excluding carboxylic acids is 1. The van der Waals surface area contributed by atoms with E-state index in [4.69, 9.17) is 18.6 Å². The van der Waals surface area contributed by atoms with Crippen molar-refractivity contribution in [2.75, 3.05) is 27.4 Å². The minimum absolute atomic E-state index is 0.0631. The van der Waals surface area contributed by atoms with Crippen LogP contribution in [0.15, 0.2) is 12.2 Å². The highest BCUT2D eigenvalue weighted by Gasteiger charge is 2.08. The molecule has 0 heterocycles. The number of rotatable bonds is 8. The standard InChI is InChI=1S/C9H16O5Si/c1-7(2)8(10)13-5-6-14-15-9(11-3)12-4/h9H,1,5-6H2,2-4H3. The molecule has 0 aliphatic rings. The van der Waals surface area contributed by atoms with Gasteiger partial charge in [0, 0.05) is 19.8 Å². The van der Waals surface area contributed by atoms with Crippen molar-refractivity contribution in [3.8, 4) is 0 Å². The van der Waals surface area contributed by atoms with E-state index >= 15 is 0 Å². The van der Waals surface area contributed by atoms with Crippen LogP contribution in [0.5, 0.6) is 0 Å². The number of hydrogen-bond acceptors (Lipinski definition) is 5. The van der Waals surface area contributed by atoms with Crippen LogP contribution in [0.3, 0.4) is 0 Å². The molecular formula is C9H16O5Si. The summed E-state index contributed by atoms with van der Waals surface area (Å²) in [5.41, 5.74) is 0.379. The van der Waals surface area contributed by atoms with Crippen molar-refractivity contribution in [2.24, 2.45) is 0 Å². The summed E-state index contributed by atoms with van der Waals surface area (Å²) in [6.07, 6.45) is 0. The average molecular weight is 232 g/mol. The molecule has 0 rings (SSSR count). The lowest BCUT2D eigenvalue weighted by Gasteiger charge is -2.11. The van der Waals surface area contributed by atoms with Crippen molar-refractivity contribution >= 4 is 15.7 Å². The fourth-order valence-electron chi connectivity index (χ4n) is 0.619. The first-order chi connectivity index (χ1) is 7.11. The summed E-state index contributed by atoms with van der Waals surface area (Å²) < 4.78 is 19.8. The predicted octanol–water partition coefficient (Wildman–Crippen LogP) is 0.318. The van der Waals surface area contributed by atoms with Crippen LogP contribution in [0.1, 0.15) is 6.92 Å². The first kappa shape index (κ1) is 14.3. The van der Waals surface area contributed by atoms with Crippen molar-refractivity contribution in [3.63, 3.8) is 0 Å². The molecule has 0 bridgehead atoms. The van der Waals surface area contributed by atoms with Crippen LogP contribution in [0.25, 0.3) is 0 Å². The average Bonchev–Trinajstić information content (AvgIpc) is 2.23. The highest BCUT2D eigenvalue weighted by molar-refractivity contribution is 6.28. The van der Waals surface area contributed by atoms with E-state index in [2.05, 4.69) is 6.58 Å². The summed E-state index contributed by atoms with van der Waals surface area (Å²) in [6.45, 7) is 5.58. The SMILES string of the molecule is C=C(C)C(=O)OCCO[Si]C(OC)OC. The number of esters is 1. The summed E-state index contributed by atoms with van der Waals surface area (Å²) in [5.74, 6) is -0.765. The molecule has 0 spiro atoms. The third-order valence-electron chi connectivity index (χ3n) is 1.37. The Kier molecular flexibility index (Phi) is 8.20. The summed E-state index contributed by atoms with van der Waals surface area (Å²) in [4.78, 5) is 10.9. The molecule has 2 radical (unpaired) electrons. The fourth-order valence-corrected chi connectivity index (χ4v) is 1.15. The first-order valence-corrected chi connectivity index (χ1v) is 5.36. The summed E-state index contributed by atoms with van der Waals surface area (Å²) in [7, 11) is 3.13. The molecule has 0 saturated heterocycles. The molecule has 0 saturated carbocycles. The van der Waals surface area contributed by atoms with Gasteiger partial charge in [0.05, 0.1) is 6.61 Å². The van der Waals surface area contributed by atoms with E-state index in [1.165, 1.54) is 14.2 Å². The molecule has 5 nitrogen and oxygen atoms in total. The Morgan fingerprint density at radius 1 is 1.33 bits per heavy atom. The lowest BCUT2D eigenvalue weighted by molar-refractivity contribution is -0.139. The smallest absolute Gasteiger partial charge is 0.333 e. The van der Waals surface area contributed by atoms with Crippen molar-refractivity contribution in [1.29, 1.82) is 0 Å². The zero-order chi connectivity index (χ0) is 11.7. The Balaban J connectivity index is 3.39.